The van der Waals surface area contributed by atoms with Crippen molar-refractivity contribution in [2.24, 2.45) is 0 Å². The normalized spacial score (nSPS) is 10.2. The SMILES string of the molecule is CC(=O)Nc1ccc(C(=O)O)c(C(=O)c2ccc(N(C)C)cc2O)c1. The first kappa shape index (κ1) is 18.0. The first-order chi connectivity index (χ1) is 11.7. The maximum Gasteiger partial charge on any atom is 0.336 e. The Bertz CT molecular complexity index is 859. The van der Waals surface area contributed by atoms with Gasteiger partial charge >= 0.3 is 5.97 Å². The van der Waals surface area contributed by atoms with Crippen LogP contribution >= 0.6 is 0 Å². The zero-order chi connectivity index (χ0) is 18.7. The molecule has 130 valence electrons. The van der Waals surface area contributed by atoms with Gasteiger partial charge in [0.25, 0.3) is 0 Å². The Morgan fingerprint density at radius 3 is 2.12 bits per heavy atom. The van der Waals surface area contributed by atoms with E-state index in [-0.39, 0.29) is 28.3 Å². The van der Waals surface area contributed by atoms with Crippen molar-refractivity contribution in [3.63, 3.8) is 0 Å². The molecule has 2 aromatic carbocycles. The van der Waals surface area contributed by atoms with Crippen molar-refractivity contribution < 1.29 is 24.6 Å². The second-order valence-corrected chi connectivity index (χ2v) is 5.67. The number of phenols is 1. The summed E-state index contributed by atoms with van der Waals surface area (Å²) in [7, 11) is 3.57. The Kier molecular flexibility index (Phi) is 5.07. The number of amides is 1. The number of hydrogen-bond donors (Lipinski definition) is 3. The minimum atomic E-state index is -1.28. The first-order valence-electron chi connectivity index (χ1n) is 7.40. The van der Waals surface area contributed by atoms with Gasteiger partial charge in [-0.2, -0.15) is 0 Å². The van der Waals surface area contributed by atoms with E-state index in [0.29, 0.717) is 11.4 Å². The average molecular weight is 342 g/mol. The van der Waals surface area contributed by atoms with Crippen molar-refractivity contribution in [1.82, 2.24) is 0 Å². The van der Waals surface area contributed by atoms with Crippen molar-refractivity contribution in [3.8, 4) is 5.75 Å². The summed E-state index contributed by atoms with van der Waals surface area (Å²) in [6.45, 7) is 1.30. The molecule has 2 rings (SSSR count). The third-order valence-electron chi connectivity index (χ3n) is 3.56. The predicted molar refractivity (Wildman–Crippen MR) is 93.6 cm³/mol. The molecule has 7 heteroatoms. The van der Waals surface area contributed by atoms with Crippen LogP contribution < -0.4 is 10.2 Å². The van der Waals surface area contributed by atoms with E-state index in [9.17, 15) is 24.6 Å². The van der Waals surface area contributed by atoms with Crippen LogP contribution in [0.5, 0.6) is 5.75 Å². The molecule has 0 fully saturated rings. The van der Waals surface area contributed by atoms with E-state index in [1.807, 2.05) is 0 Å². The second-order valence-electron chi connectivity index (χ2n) is 5.67. The maximum absolute atomic E-state index is 12.8. The molecule has 25 heavy (non-hydrogen) atoms. The number of aromatic hydroxyl groups is 1. The molecule has 0 aromatic heterocycles. The standard InChI is InChI=1S/C18H18N2O5/c1-10(21)19-11-4-6-13(18(24)25)15(8-11)17(23)14-7-5-12(20(2)3)9-16(14)22/h4-9,22H,1-3H3,(H,19,21)(H,24,25). The fourth-order valence-electron chi connectivity index (χ4n) is 2.33. The molecule has 0 aliphatic rings. The number of rotatable bonds is 5. The van der Waals surface area contributed by atoms with Gasteiger partial charge in [-0.15, -0.1) is 0 Å². The third kappa shape index (κ3) is 3.95. The third-order valence-corrected chi connectivity index (χ3v) is 3.56. The number of carboxylic acid groups (broad SMARTS) is 1. The number of aromatic carboxylic acids is 1. The van der Waals surface area contributed by atoms with Crippen LogP contribution in [0.4, 0.5) is 11.4 Å². The number of hydrogen-bond acceptors (Lipinski definition) is 5. The van der Waals surface area contributed by atoms with Gasteiger partial charge in [-0.3, -0.25) is 9.59 Å². The monoisotopic (exact) mass is 342 g/mol. The highest BCUT2D eigenvalue weighted by atomic mass is 16.4. The highest BCUT2D eigenvalue weighted by molar-refractivity contribution is 6.16. The van der Waals surface area contributed by atoms with Gasteiger partial charge in [0.05, 0.1) is 11.1 Å². The van der Waals surface area contributed by atoms with Gasteiger partial charge in [0.1, 0.15) is 5.75 Å². The minimum absolute atomic E-state index is 0.0203. The lowest BCUT2D eigenvalue weighted by Crippen LogP contribution is -2.13. The van der Waals surface area contributed by atoms with Crippen molar-refractivity contribution in [2.45, 2.75) is 6.92 Å². The molecule has 0 bridgehead atoms. The molecule has 1 amide bonds. The summed E-state index contributed by atoms with van der Waals surface area (Å²) in [6, 6.07) is 8.43. The molecule has 7 nitrogen and oxygen atoms in total. The predicted octanol–water partition coefficient (Wildman–Crippen LogP) is 2.35. The van der Waals surface area contributed by atoms with Crippen molar-refractivity contribution >= 4 is 29.0 Å². The zero-order valence-electron chi connectivity index (χ0n) is 14.0. The van der Waals surface area contributed by atoms with Crippen LogP contribution in [-0.2, 0) is 4.79 Å². The van der Waals surface area contributed by atoms with Crippen LogP contribution in [0.25, 0.3) is 0 Å². The molecule has 0 spiro atoms. The fraction of sp³-hybridized carbons (Fsp3) is 0.167. The summed E-state index contributed by atoms with van der Waals surface area (Å²) in [5.41, 5.74) is 0.639. The summed E-state index contributed by atoms with van der Waals surface area (Å²) >= 11 is 0. The van der Waals surface area contributed by atoms with Crippen LogP contribution in [0.1, 0.15) is 33.2 Å². The Labute approximate surface area is 144 Å². The lowest BCUT2D eigenvalue weighted by molar-refractivity contribution is -0.114. The molecule has 0 saturated heterocycles. The van der Waals surface area contributed by atoms with Gasteiger partial charge in [0.2, 0.25) is 5.91 Å². The number of nitrogens with one attached hydrogen (secondary N) is 1. The Balaban J connectivity index is 2.53. The quantitative estimate of drug-likeness (QED) is 0.720. The zero-order valence-corrected chi connectivity index (χ0v) is 14.0. The number of benzene rings is 2. The topological polar surface area (TPSA) is 107 Å². The summed E-state index contributed by atoms with van der Waals surface area (Å²) in [4.78, 5) is 37.1. The van der Waals surface area contributed by atoms with Crippen molar-refractivity contribution in [1.29, 1.82) is 0 Å². The molecule has 0 aliphatic carbocycles. The summed E-state index contributed by atoms with van der Waals surface area (Å²) < 4.78 is 0. The molecule has 0 saturated carbocycles. The Morgan fingerprint density at radius 1 is 0.960 bits per heavy atom. The van der Waals surface area contributed by atoms with Gasteiger partial charge in [-0.25, -0.2) is 4.79 Å². The lowest BCUT2D eigenvalue weighted by Gasteiger charge is -2.14. The highest BCUT2D eigenvalue weighted by Gasteiger charge is 2.21. The minimum Gasteiger partial charge on any atom is -0.507 e. The highest BCUT2D eigenvalue weighted by Crippen LogP contribution is 2.28. The Morgan fingerprint density at radius 2 is 1.60 bits per heavy atom. The summed E-state index contributed by atoms with van der Waals surface area (Å²) in [6.07, 6.45) is 0. The largest absolute Gasteiger partial charge is 0.507 e. The lowest BCUT2D eigenvalue weighted by atomic mass is 9.96. The van der Waals surface area contributed by atoms with Crippen molar-refractivity contribution in [2.75, 3.05) is 24.3 Å². The average Bonchev–Trinajstić information content (AvgIpc) is 2.53. The number of anilines is 2. The number of carbonyl (C=O) groups excluding carboxylic acids is 2. The van der Waals surface area contributed by atoms with Crippen LogP contribution in [-0.4, -0.2) is 42.0 Å². The molecule has 0 radical (unpaired) electrons. The smallest absolute Gasteiger partial charge is 0.336 e. The van der Waals surface area contributed by atoms with Crippen LogP contribution in [0, 0.1) is 0 Å². The van der Waals surface area contributed by atoms with E-state index in [4.69, 9.17) is 0 Å². The molecular weight excluding hydrogens is 324 g/mol. The van der Waals surface area contributed by atoms with Gasteiger partial charge < -0.3 is 20.4 Å². The number of nitrogens with zero attached hydrogens (tertiary/aromatic N) is 1. The van der Waals surface area contributed by atoms with Crippen molar-refractivity contribution in [3.05, 3.63) is 53.1 Å². The number of carbonyl (C=O) groups is 3. The Hall–Kier alpha value is -3.35. The van der Waals surface area contributed by atoms with Crippen LogP contribution in [0.3, 0.4) is 0 Å². The van der Waals surface area contributed by atoms with Gasteiger partial charge in [-0.05, 0) is 30.3 Å². The maximum atomic E-state index is 12.8. The van der Waals surface area contributed by atoms with Crippen LogP contribution in [0.2, 0.25) is 0 Å². The van der Waals surface area contributed by atoms with E-state index in [0.717, 1.165) is 0 Å². The molecule has 0 aliphatic heterocycles. The molecule has 0 heterocycles. The molecule has 2 aromatic rings. The number of ketones is 1. The van der Waals surface area contributed by atoms with E-state index in [1.54, 1.807) is 25.1 Å². The number of carboxylic acids is 1. The van der Waals surface area contributed by atoms with E-state index < -0.39 is 11.8 Å². The second kappa shape index (κ2) is 7.04. The fourth-order valence-corrected chi connectivity index (χ4v) is 2.33. The molecule has 0 atom stereocenters. The molecular formula is C18H18N2O5. The van der Waals surface area contributed by atoms with Gasteiger partial charge in [0.15, 0.2) is 5.78 Å². The van der Waals surface area contributed by atoms with Crippen LogP contribution in [0.15, 0.2) is 36.4 Å². The van der Waals surface area contributed by atoms with E-state index in [1.165, 1.54) is 37.3 Å². The van der Waals surface area contributed by atoms with E-state index >= 15 is 0 Å². The van der Waals surface area contributed by atoms with E-state index in [2.05, 4.69) is 5.32 Å². The molecule has 3 N–H and O–H groups in total. The first-order valence-corrected chi connectivity index (χ1v) is 7.40. The summed E-state index contributed by atoms with van der Waals surface area (Å²) in [5.74, 6) is -2.52. The van der Waals surface area contributed by atoms with Gasteiger partial charge in [-0.1, -0.05) is 0 Å². The van der Waals surface area contributed by atoms with Gasteiger partial charge in [0, 0.05) is 44.0 Å². The number of phenolic OH excluding ortho intramolecular Hbond substituents is 1. The molecule has 0 unspecified atom stereocenters. The summed E-state index contributed by atoms with van der Waals surface area (Å²) in [5, 5.41) is 22.0.